The lowest BCUT2D eigenvalue weighted by atomic mass is 10.1. The van der Waals surface area contributed by atoms with Crippen LogP contribution in [0.1, 0.15) is 24.8 Å². The van der Waals surface area contributed by atoms with Crippen molar-refractivity contribution < 1.29 is 17.6 Å². The van der Waals surface area contributed by atoms with Gasteiger partial charge in [0.2, 0.25) is 21.6 Å². The van der Waals surface area contributed by atoms with Crippen molar-refractivity contribution in [3.05, 3.63) is 79.0 Å². The molecule has 0 aliphatic heterocycles. The van der Waals surface area contributed by atoms with E-state index in [1.807, 2.05) is 36.4 Å². The number of nitrogens with zero attached hydrogens (tertiary/aromatic N) is 1. The van der Waals surface area contributed by atoms with Crippen LogP contribution in [-0.2, 0) is 21.2 Å². The number of hydrogen-bond acceptors (Lipinski definition) is 5. The molecule has 0 unspecified atom stereocenters. The number of aromatic nitrogens is 1. The van der Waals surface area contributed by atoms with Gasteiger partial charge in [0.1, 0.15) is 11.6 Å². The Kier molecular flexibility index (Phi) is 5.86. The molecule has 4 aromatic rings. The number of pyridine rings is 1. The Morgan fingerprint density at radius 2 is 1.91 bits per heavy atom. The summed E-state index contributed by atoms with van der Waals surface area (Å²) in [5.41, 5.74) is 1.86. The van der Waals surface area contributed by atoms with Crippen LogP contribution in [0, 0.1) is 12.5 Å². The van der Waals surface area contributed by atoms with Gasteiger partial charge in [0, 0.05) is 23.5 Å². The molecule has 169 valence electrons. The second kappa shape index (κ2) is 8.96. The van der Waals surface area contributed by atoms with Crippen molar-refractivity contribution in [2.24, 2.45) is 5.92 Å². The van der Waals surface area contributed by atoms with E-state index in [2.05, 4.69) is 15.0 Å². The molecule has 0 bridgehead atoms. The van der Waals surface area contributed by atoms with E-state index >= 15 is 0 Å². The number of furan rings is 1. The minimum atomic E-state index is -3.98. The Bertz CT molecular complexity index is 1400. The SMILES string of the molecule is O=C(N[CH]CC1CC1)[C@H](Cc1ccccc1)NS(=O)(=O)c1ccc2oc3ncccc3c2c1. The molecule has 2 heterocycles. The highest BCUT2D eigenvalue weighted by Gasteiger charge is 2.28. The molecule has 2 aromatic heterocycles. The Hall–Kier alpha value is -3.23. The molecule has 2 aromatic carbocycles. The zero-order valence-electron chi connectivity index (χ0n) is 17.9. The van der Waals surface area contributed by atoms with Crippen molar-refractivity contribution in [2.45, 2.75) is 36.6 Å². The highest BCUT2D eigenvalue weighted by Crippen LogP contribution is 2.32. The molecule has 1 saturated carbocycles. The first-order valence-electron chi connectivity index (χ1n) is 11.0. The van der Waals surface area contributed by atoms with Crippen LogP contribution in [0.5, 0.6) is 0 Å². The molecular formula is C25H24N3O4S. The lowest BCUT2D eigenvalue weighted by Crippen LogP contribution is -2.47. The summed E-state index contributed by atoms with van der Waals surface area (Å²) < 4.78 is 34.9. The standard InChI is InChI=1S/C25H24N3O4S/c29-24(26-14-12-17-8-9-17)22(15-18-5-2-1-3-6-18)28-33(30,31)19-10-11-23-21(16-19)20-7-4-13-27-25(20)32-23/h1-7,10-11,13-14,16-17,22,28H,8-9,12,15H2,(H,26,29)/t22-/m0/s1. The first-order valence-corrected chi connectivity index (χ1v) is 12.4. The monoisotopic (exact) mass is 462 g/mol. The Morgan fingerprint density at radius 3 is 2.70 bits per heavy atom. The summed E-state index contributed by atoms with van der Waals surface area (Å²) in [4.78, 5) is 17.2. The molecule has 2 N–H and O–H groups in total. The maximum atomic E-state index is 13.3. The molecule has 1 radical (unpaired) electrons. The van der Waals surface area contributed by atoms with Crippen LogP contribution >= 0.6 is 0 Å². The fourth-order valence-electron chi connectivity index (χ4n) is 3.83. The summed E-state index contributed by atoms with van der Waals surface area (Å²) in [6, 6.07) is 16.7. The topological polar surface area (TPSA) is 101 Å². The van der Waals surface area contributed by atoms with Gasteiger partial charge in [-0.3, -0.25) is 4.79 Å². The van der Waals surface area contributed by atoms with Crippen LogP contribution in [0.3, 0.4) is 0 Å². The third-order valence-corrected chi connectivity index (χ3v) is 7.29. The first kappa shape index (κ1) is 21.6. The van der Waals surface area contributed by atoms with E-state index in [1.54, 1.807) is 30.9 Å². The molecule has 0 saturated heterocycles. The minimum Gasteiger partial charge on any atom is -0.438 e. The van der Waals surface area contributed by atoms with Crippen LogP contribution < -0.4 is 10.0 Å². The van der Waals surface area contributed by atoms with Gasteiger partial charge in [-0.1, -0.05) is 43.2 Å². The van der Waals surface area contributed by atoms with E-state index in [9.17, 15) is 13.2 Å². The predicted molar refractivity (Wildman–Crippen MR) is 126 cm³/mol. The van der Waals surface area contributed by atoms with Crippen LogP contribution in [0.4, 0.5) is 0 Å². The number of benzene rings is 2. The van der Waals surface area contributed by atoms with Gasteiger partial charge in [0.15, 0.2) is 0 Å². The van der Waals surface area contributed by atoms with Gasteiger partial charge in [0.05, 0.1) is 4.90 Å². The lowest BCUT2D eigenvalue weighted by Gasteiger charge is -2.19. The van der Waals surface area contributed by atoms with E-state index in [4.69, 9.17) is 4.42 Å². The zero-order valence-corrected chi connectivity index (χ0v) is 18.7. The fraction of sp³-hybridized carbons (Fsp3) is 0.240. The number of carbonyl (C=O) groups excluding carboxylic acids is 1. The van der Waals surface area contributed by atoms with Gasteiger partial charge in [-0.25, -0.2) is 13.4 Å². The van der Waals surface area contributed by atoms with Gasteiger partial charge in [0.25, 0.3) is 0 Å². The van der Waals surface area contributed by atoms with E-state index in [0.29, 0.717) is 22.6 Å². The number of rotatable bonds is 9. The second-order valence-electron chi connectivity index (χ2n) is 8.37. The lowest BCUT2D eigenvalue weighted by molar-refractivity contribution is -0.122. The van der Waals surface area contributed by atoms with Gasteiger partial charge in [-0.05, 0) is 54.7 Å². The molecule has 1 aliphatic rings. The van der Waals surface area contributed by atoms with Crippen LogP contribution in [-0.4, -0.2) is 25.4 Å². The van der Waals surface area contributed by atoms with E-state index in [0.717, 1.165) is 17.4 Å². The number of hydrogen-bond donors (Lipinski definition) is 2. The number of sulfonamides is 1. The molecule has 7 nitrogen and oxygen atoms in total. The maximum absolute atomic E-state index is 13.3. The zero-order chi connectivity index (χ0) is 22.8. The van der Waals surface area contributed by atoms with Crippen LogP contribution in [0.2, 0.25) is 0 Å². The van der Waals surface area contributed by atoms with Gasteiger partial charge < -0.3 is 9.73 Å². The Morgan fingerprint density at radius 1 is 1.09 bits per heavy atom. The predicted octanol–water partition coefficient (Wildman–Crippen LogP) is 3.95. The van der Waals surface area contributed by atoms with E-state index in [-0.39, 0.29) is 17.2 Å². The molecule has 33 heavy (non-hydrogen) atoms. The van der Waals surface area contributed by atoms with Crippen molar-refractivity contribution >= 4 is 38.0 Å². The summed E-state index contributed by atoms with van der Waals surface area (Å²) >= 11 is 0. The number of nitrogens with one attached hydrogen (secondary N) is 2. The van der Waals surface area contributed by atoms with Crippen molar-refractivity contribution in [3.8, 4) is 0 Å². The Labute approximate surface area is 192 Å². The smallest absolute Gasteiger partial charge is 0.241 e. The number of carbonyl (C=O) groups is 1. The minimum absolute atomic E-state index is 0.0642. The molecule has 0 spiro atoms. The van der Waals surface area contributed by atoms with E-state index < -0.39 is 16.1 Å². The van der Waals surface area contributed by atoms with Crippen molar-refractivity contribution in [1.29, 1.82) is 0 Å². The highest BCUT2D eigenvalue weighted by atomic mass is 32.2. The van der Waals surface area contributed by atoms with E-state index in [1.165, 1.54) is 18.9 Å². The van der Waals surface area contributed by atoms with Crippen molar-refractivity contribution in [3.63, 3.8) is 0 Å². The molecule has 8 heteroatoms. The molecule has 1 atom stereocenters. The fourth-order valence-corrected chi connectivity index (χ4v) is 5.05. The third-order valence-electron chi connectivity index (χ3n) is 5.82. The van der Waals surface area contributed by atoms with Gasteiger partial charge in [-0.2, -0.15) is 4.72 Å². The average Bonchev–Trinajstić information content (AvgIpc) is 3.57. The summed E-state index contributed by atoms with van der Waals surface area (Å²) in [7, 11) is -3.98. The summed E-state index contributed by atoms with van der Waals surface area (Å²) in [6.45, 7) is 1.74. The highest BCUT2D eigenvalue weighted by molar-refractivity contribution is 7.89. The average molecular weight is 463 g/mol. The quantitative estimate of drug-likeness (QED) is 0.392. The molecule has 1 fully saturated rings. The van der Waals surface area contributed by atoms with Crippen molar-refractivity contribution in [1.82, 2.24) is 15.0 Å². The van der Waals surface area contributed by atoms with Gasteiger partial charge in [-0.15, -0.1) is 0 Å². The van der Waals surface area contributed by atoms with Crippen LogP contribution in [0.25, 0.3) is 22.1 Å². The Balaban J connectivity index is 1.41. The molecule has 1 aliphatic carbocycles. The first-order chi connectivity index (χ1) is 16.0. The maximum Gasteiger partial charge on any atom is 0.241 e. The molecular weight excluding hydrogens is 438 g/mol. The third kappa shape index (κ3) is 4.91. The van der Waals surface area contributed by atoms with Crippen molar-refractivity contribution in [2.75, 3.05) is 0 Å². The normalized spacial score (nSPS) is 15.0. The second-order valence-corrected chi connectivity index (χ2v) is 10.1. The largest absolute Gasteiger partial charge is 0.438 e. The summed E-state index contributed by atoms with van der Waals surface area (Å²) in [6.07, 6.45) is 5.01. The van der Waals surface area contributed by atoms with Gasteiger partial charge >= 0.3 is 0 Å². The molecule has 1 amide bonds. The molecule has 5 rings (SSSR count). The number of amides is 1. The summed E-state index contributed by atoms with van der Waals surface area (Å²) in [5, 5.41) is 4.17. The van der Waals surface area contributed by atoms with Crippen LogP contribution in [0.15, 0.2) is 76.2 Å². The number of fused-ring (bicyclic) bond motifs is 3. The summed E-state index contributed by atoms with van der Waals surface area (Å²) in [5.74, 6) is 0.252.